The lowest BCUT2D eigenvalue weighted by molar-refractivity contribution is 0.757. The monoisotopic (exact) mass is 215 g/mol. The van der Waals surface area contributed by atoms with E-state index in [9.17, 15) is 0 Å². The summed E-state index contributed by atoms with van der Waals surface area (Å²) in [4.78, 5) is 8.25. The number of imidazole rings is 1. The van der Waals surface area contributed by atoms with Gasteiger partial charge in [-0.15, -0.1) is 0 Å². The zero-order valence-electron chi connectivity index (χ0n) is 9.01. The molecule has 0 amide bonds. The molecule has 2 aromatic heterocycles. The number of pyridine rings is 1. The van der Waals surface area contributed by atoms with Crippen molar-refractivity contribution in [3.05, 3.63) is 47.8 Å². The predicted molar refractivity (Wildman–Crippen MR) is 61.3 cm³/mol. The van der Waals surface area contributed by atoms with Crippen molar-refractivity contribution < 1.29 is 0 Å². The molecule has 0 fully saturated rings. The van der Waals surface area contributed by atoms with E-state index in [0.717, 1.165) is 11.4 Å². The summed E-state index contributed by atoms with van der Waals surface area (Å²) >= 11 is 0. The van der Waals surface area contributed by atoms with Crippen LogP contribution in [-0.4, -0.2) is 20.4 Å². The smallest absolute Gasteiger partial charge is 0.142 e. The number of aromatic nitrogens is 3. The van der Waals surface area contributed by atoms with Crippen molar-refractivity contribution in [3.8, 4) is 0 Å². The van der Waals surface area contributed by atoms with Gasteiger partial charge < -0.3 is 10.3 Å². The third kappa shape index (κ3) is 1.93. The Morgan fingerprint density at radius 1 is 1.44 bits per heavy atom. The standard InChI is InChI=1S/C11H13N5/c1-8-14-5-6-16(8)7-9-3-2-4-15-10(9)11(12)13/h2-6H,7H2,1H3,(H3,12,13). The van der Waals surface area contributed by atoms with Crippen molar-refractivity contribution in [2.75, 3.05) is 0 Å². The SMILES string of the molecule is Cc1nccn1Cc1cccnc1C(=N)N. The first kappa shape index (κ1) is 10.4. The van der Waals surface area contributed by atoms with Gasteiger partial charge in [-0.3, -0.25) is 10.4 Å². The van der Waals surface area contributed by atoms with Crippen LogP contribution < -0.4 is 5.73 Å². The topological polar surface area (TPSA) is 80.6 Å². The molecule has 0 radical (unpaired) electrons. The number of amidine groups is 1. The molecule has 2 aromatic rings. The van der Waals surface area contributed by atoms with Gasteiger partial charge in [0.1, 0.15) is 17.4 Å². The molecule has 0 atom stereocenters. The van der Waals surface area contributed by atoms with Gasteiger partial charge in [0.2, 0.25) is 0 Å². The Bertz CT molecular complexity index is 515. The largest absolute Gasteiger partial charge is 0.382 e. The maximum atomic E-state index is 7.45. The van der Waals surface area contributed by atoms with E-state index in [1.165, 1.54) is 0 Å². The Morgan fingerprint density at radius 2 is 2.25 bits per heavy atom. The molecule has 5 heteroatoms. The lowest BCUT2D eigenvalue weighted by Gasteiger charge is -2.08. The minimum atomic E-state index is -0.00614. The van der Waals surface area contributed by atoms with Crippen LogP contribution in [0.3, 0.4) is 0 Å². The first-order valence-corrected chi connectivity index (χ1v) is 4.94. The number of nitrogens with one attached hydrogen (secondary N) is 1. The van der Waals surface area contributed by atoms with Gasteiger partial charge in [0, 0.05) is 24.2 Å². The van der Waals surface area contributed by atoms with Crippen LogP contribution in [0.4, 0.5) is 0 Å². The Labute approximate surface area is 93.5 Å². The summed E-state index contributed by atoms with van der Waals surface area (Å²) in [5.41, 5.74) is 6.94. The van der Waals surface area contributed by atoms with Gasteiger partial charge in [-0.05, 0) is 13.0 Å². The number of hydrogen-bond donors (Lipinski definition) is 2. The second kappa shape index (κ2) is 4.14. The Balaban J connectivity index is 2.35. The predicted octanol–water partition coefficient (Wildman–Crippen LogP) is 0.919. The highest BCUT2D eigenvalue weighted by Crippen LogP contribution is 2.08. The van der Waals surface area contributed by atoms with E-state index in [1.807, 2.05) is 29.8 Å². The van der Waals surface area contributed by atoms with E-state index in [-0.39, 0.29) is 5.84 Å². The van der Waals surface area contributed by atoms with Crippen LogP contribution >= 0.6 is 0 Å². The average molecular weight is 215 g/mol. The number of nitrogen functional groups attached to an aromatic ring is 1. The van der Waals surface area contributed by atoms with E-state index in [2.05, 4.69) is 9.97 Å². The van der Waals surface area contributed by atoms with E-state index in [4.69, 9.17) is 11.1 Å². The first-order valence-electron chi connectivity index (χ1n) is 4.94. The lowest BCUT2D eigenvalue weighted by atomic mass is 10.2. The lowest BCUT2D eigenvalue weighted by Crippen LogP contribution is -2.17. The van der Waals surface area contributed by atoms with E-state index < -0.39 is 0 Å². The van der Waals surface area contributed by atoms with Gasteiger partial charge in [0.05, 0.1) is 6.54 Å². The van der Waals surface area contributed by atoms with E-state index in [1.54, 1.807) is 12.4 Å². The van der Waals surface area contributed by atoms with E-state index >= 15 is 0 Å². The van der Waals surface area contributed by atoms with Crippen molar-refractivity contribution in [2.24, 2.45) is 5.73 Å². The molecule has 0 bridgehead atoms. The third-order valence-electron chi connectivity index (χ3n) is 2.41. The molecule has 3 N–H and O–H groups in total. The maximum absolute atomic E-state index is 7.45. The second-order valence-electron chi connectivity index (χ2n) is 3.53. The second-order valence-corrected chi connectivity index (χ2v) is 3.53. The molecule has 0 saturated carbocycles. The number of nitrogens with two attached hydrogens (primary N) is 1. The van der Waals surface area contributed by atoms with Crippen molar-refractivity contribution in [3.63, 3.8) is 0 Å². The quantitative estimate of drug-likeness (QED) is 0.590. The molecule has 0 spiro atoms. The van der Waals surface area contributed by atoms with Gasteiger partial charge in [-0.25, -0.2) is 4.98 Å². The summed E-state index contributed by atoms with van der Waals surface area (Å²) in [6.45, 7) is 2.57. The maximum Gasteiger partial charge on any atom is 0.142 e. The van der Waals surface area contributed by atoms with Crippen LogP contribution in [0.5, 0.6) is 0 Å². The van der Waals surface area contributed by atoms with Crippen molar-refractivity contribution >= 4 is 5.84 Å². The van der Waals surface area contributed by atoms with Crippen LogP contribution in [0.15, 0.2) is 30.7 Å². The summed E-state index contributed by atoms with van der Waals surface area (Å²) in [7, 11) is 0. The average Bonchev–Trinajstić information content (AvgIpc) is 2.65. The van der Waals surface area contributed by atoms with Crippen LogP contribution in [0.2, 0.25) is 0 Å². The number of aryl methyl sites for hydroxylation is 1. The molecule has 0 saturated heterocycles. The summed E-state index contributed by atoms with van der Waals surface area (Å²) in [6, 6.07) is 3.76. The summed E-state index contributed by atoms with van der Waals surface area (Å²) in [6.07, 6.45) is 5.28. The Kier molecular flexibility index (Phi) is 2.68. The van der Waals surface area contributed by atoms with Crippen molar-refractivity contribution in [2.45, 2.75) is 13.5 Å². The molecular weight excluding hydrogens is 202 g/mol. The number of nitrogens with zero attached hydrogens (tertiary/aromatic N) is 3. The van der Waals surface area contributed by atoms with Crippen molar-refractivity contribution in [1.29, 1.82) is 5.41 Å². The Morgan fingerprint density at radius 3 is 2.88 bits per heavy atom. The third-order valence-corrected chi connectivity index (χ3v) is 2.41. The Hall–Kier alpha value is -2.17. The normalized spacial score (nSPS) is 10.3. The van der Waals surface area contributed by atoms with Gasteiger partial charge in [0.25, 0.3) is 0 Å². The van der Waals surface area contributed by atoms with Crippen LogP contribution in [-0.2, 0) is 6.54 Å². The molecule has 0 aliphatic carbocycles. The zero-order chi connectivity index (χ0) is 11.5. The zero-order valence-corrected chi connectivity index (χ0v) is 9.01. The molecule has 2 heterocycles. The van der Waals surface area contributed by atoms with Crippen LogP contribution in [0.25, 0.3) is 0 Å². The van der Waals surface area contributed by atoms with Crippen LogP contribution in [0.1, 0.15) is 17.1 Å². The molecule has 0 unspecified atom stereocenters. The highest BCUT2D eigenvalue weighted by Gasteiger charge is 2.07. The fourth-order valence-electron chi connectivity index (χ4n) is 1.56. The molecule has 0 aliphatic heterocycles. The minimum Gasteiger partial charge on any atom is -0.382 e. The fourth-order valence-corrected chi connectivity index (χ4v) is 1.56. The van der Waals surface area contributed by atoms with Crippen LogP contribution in [0, 0.1) is 12.3 Å². The van der Waals surface area contributed by atoms with Gasteiger partial charge >= 0.3 is 0 Å². The number of hydrogen-bond acceptors (Lipinski definition) is 3. The van der Waals surface area contributed by atoms with Gasteiger partial charge in [0.15, 0.2) is 0 Å². The molecule has 0 aromatic carbocycles. The molecular formula is C11H13N5. The fraction of sp³-hybridized carbons (Fsp3) is 0.182. The highest BCUT2D eigenvalue weighted by atomic mass is 15.1. The van der Waals surface area contributed by atoms with Crippen molar-refractivity contribution in [1.82, 2.24) is 14.5 Å². The molecule has 82 valence electrons. The summed E-state index contributed by atoms with van der Waals surface area (Å²) in [5, 5.41) is 7.45. The first-order chi connectivity index (χ1) is 7.68. The number of rotatable bonds is 3. The molecule has 5 nitrogen and oxygen atoms in total. The van der Waals surface area contributed by atoms with Gasteiger partial charge in [-0.1, -0.05) is 6.07 Å². The molecule has 16 heavy (non-hydrogen) atoms. The summed E-state index contributed by atoms with van der Waals surface area (Å²) < 4.78 is 1.99. The molecule has 2 rings (SSSR count). The highest BCUT2D eigenvalue weighted by molar-refractivity contribution is 5.94. The van der Waals surface area contributed by atoms with E-state index in [0.29, 0.717) is 12.2 Å². The minimum absolute atomic E-state index is 0.00614. The molecule has 0 aliphatic rings. The van der Waals surface area contributed by atoms with Gasteiger partial charge in [-0.2, -0.15) is 0 Å². The summed E-state index contributed by atoms with van der Waals surface area (Å²) in [5.74, 6) is 0.923.